The van der Waals surface area contributed by atoms with Crippen molar-refractivity contribution in [1.82, 2.24) is 4.31 Å². The van der Waals surface area contributed by atoms with Crippen molar-refractivity contribution in [1.29, 1.82) is 0 Å². The first-order chi connectivity index (χ1) is 9.38. The maximum absolute atomic E-state index is 13.7. The summed E-state index contributed by atoms with van der Waals surface area (Å²) in [6, 6.07) is 1.58. The highest BCUT2D eigenvalue weighted by molar-refractivity contribution is 7.89. The SMILES string of the molecule is C=CCN(CCO)S(=O)(=O)c1cc(CO)cc(F)c1F. The summed E-state index contributed by atoms with van der Waals surface area (Å²) >= 11 is 0. The van der Waals surface area contributed by atoms with Gasteiger partial charge in [-0.3, -0.25) is 0 Å². The van der Waals surface area contributed by atoms with Crippen LogP contribution in [0.15, 0.2) is 29.7 Å². The highest BCUT2D eigenvalue weighted by atomic mass is 32.2. The van der Waals surface area contributed by atoms with Crippen LogP contribution in [0.5, 0.6) is 0 Å². The lowest BCUT2D eigenvalue weighted by Gasteiger charge is -2.20. The highest BCUT2D eigenvalue weighted by Gasteiger charge is 2.28. The predicted molar refractivity (Wildman–Crippen MR) is 68.3 cm³/mol. The lowest BCUT2D eigenvalue weighted by molar-refractivity contribution is 0.259. The van der Waals surface area contributed by atoms with E-state index in [1.54, 1.807) is 0 Å². The molecule has 2 N–H and O–H groups in total. The van der Waals surface area contributed by atoms with Crippen LogP contribution in [0.1, 0.15) is 5.56 Å². The Balaban J connectivity index is 3.39. The fourth-order valence-corrected chi connectivity index (χ4v) is 3.13. The molecule has 0 aromatic heterocycles. The van der Waals surface area contributed by atoms with E-state index in [9.17, 15) is 17.2 Å². The molecule has 0 aliphatic heterocycles. The van der Waals surface area contributed by atoms with Gasteiger partial charge in [-0.1, -0.05) is 6.08 Å². The molecular weight excluding hydrogens is 292 g/mol. The number of hydrogen-bond donors (Lipinski definition) is 2. The third-order valence-corrected chi connectivity index (χ3v) is 4.40. The normalized spacial score (nSPS) is 11.8. The summed E-state index contributed by atoms with van der Waals surface area (Å²) < 4.78 is 52.3. The lowest BCUT2D eigenvalue weighted by atomic mass is 10.2. The lowest BCUT2D eigenvalue weighted by Crippen LogP contribution is -2.34. The van der Waals surface area contributed by atoms with Gasteiger partial charge in [0.1, 0.15) is 4.90 Å². The van der Waals surface area contributed by atoms with Crippen molar-refractivity contribution < 1.29 is 27.4 Å². The molecule has 1 aromatic rings. The van der Waals surface area contributed by atoms with E-state index >= 15 is 0 Å². The van der Waals surface area contributed by atoms with Crippen LogP contribution >= 0.6 is 0 Å². The Bertz CT molecular complexity index is 589. The number of aliphatic hydroxyl groups is 2. The molecule has 0 saturated heterocycles. The fourth-order valence-electron chi connectivity index (χ4n) is 1.60. The second-order valence-electron chi connectivity index (χ2n) is 3.92. The summed E-state index contributed by atoms with van der Waals surface area (Å²) in [5.41, 5.74) is -0.0648. The first-order valence-electron chi connectivity index (χ1n) is 5.69. The molecule has 0 saturated carbocycles. The highest BCUT2D eigenvalue weighted by Crippen LogP contribution is 2.23. The van der Waals surface area contributed by atoms with Gasteiger partial charge in [0.2, 0.25) is 10.0 Å². The summed E-state index contributed by atoms with van der Waals surface area (Å²) in [5, 5.41) is 17.8. The molecule has 1 rings (SSSR count). The van der Waals surface area contributed by atoms with Gasteiger partial charge in [0, 0.05) is 13.1 Å². The van der Waals surface area contributed by atoms with Crippen molar-refractivity contribution >= 4 is 10.0 Å². The van der Waals surface area contributed by atoms with Crippen molar-refractivity contribution in [2.24, 2.45) is 0 Å². The van der Waals surface area contributed by atoms with Crippen molar-refractivity contribution in [2.75, 3.05) is 19.7 Å². The van der Waals surface area contributed by atoms with Gasteiger partial charge in [-0.2, -0.15) is 4.31 Å². The van der Waals surface area contributed by atoms with Gasteiger partial charge in [-0.15, -0.1) is 6.58 Å². The molecular formula is C12H15F2NO4S. The predicted octanol–water partition coefficient (Wildman–Crippen LogP) is 0.626. The summed E-state index contributed by atoms with van der Waals surface area (Å²) in [5.74, 6) is -2.88. The largest absolute Gasteiger partial charge is 0.395 e. The molecule has 0 fully saturated rings. The smallest absolute Gasteiger partial charge is 0.246 e. The van der Waals surface area contributed by atoms with Crippen LogP contribution in [-0.2, 0) is 16.6 Å². The molecule has 0 heterocycles. The molecule has 20 heavy (non-hydrogen) atoms. The van der Waals surface area contributed by atoms with Crippen molar-refractivity contribution in [3.8, 4) is 0 Å². The van der Waals surface area contributed by atoms with Gasteiger partial charge in [0.05, 0.1) is 13.2 Å². The third kappa shape index (κ3) is 3.40. The summed E-state index contributed by atoms with van der Waals surface area (Å²) in [6.07, 6.45) is 1.26. The second-order valence-corrected chi connectivity index (χ2v) is 5.83. The van der Waals surface area contributed by atoms with E-state index in [0.29, 0.717) is 0 Å². The number of nitrogens with zero attached hydrogens (tertiary/aromatic N) is 1. The molecule has 0 aliphatic carbocycles. The Labute approximate surface area is 115 Å². The van der Waals surface area contributed by atoms with E-state index in [4.69, 9.17) is 10.2 Å². The monoisotopic (exact) mass is 307 g/mol. The first-order valence-corrected chi connectivity index (χ1v) is 7.13. The Morgan fingerprint density at radius 3 is 2.45 bits per heavy atom. The Morgan fingerprint density at radius 1 is 1.30 bits per heavy atom. The van der Waals surface area contributed by atoms with E-state index in [0.717, 1.165) is 16.4 Å². The van der Waals surface area contributed by atoms with E-state index in [-0.39, 0.29) is 18.7 Å². The number of rotatable bonds is 7. The van der Waals surface area contributed by atoms with Gasteiger partial charge in [-0.25, -0.2) is 17.2 Å². The van der Waals surface area contributed by atoms with E-state index in [1.807, 2.05) is 0 Å². The van der Waals surface area contributed by atoms with Crippen LogP contribution in [0.3, 0.4) is 0 Å². The Kier molecular flexibility index (Phi) is 5.75. The third-order valence-electron chi connectivity index (χ3n) is 2.54. The fraction of sp³-hybridized carbons (Fsp3) is 0.333. The summed E-state index contributed by atoms with van der Waals surface area (Å²) in [6.45, 7) is 1.83. The molecule has 0 bridgehead atoms. The zero-order valence-electron chi connectivity index (χ0n) is 10.6. The second kappa shape index (κ2) is 6.89. The molecule has 112 valence electrons. The van der Waals surface area contributed by atoms with E-state index in [2.05, 4.69) is 6.58 Å². The van der Waals surface area contributed by atoms with Gasteiger partial charge in [0.25, 0.3) is 0 Å². The number of aliphatic hydroxyl groups excluding tert-OH is 2. The average molecular weight is 307 g/mol. The van der Waals surface area contributed by atoms with Crippen molar-refractivity contribution in [3.63, 3.8) is 0 Å². The van der Waals surface area contributed by atoms with Crippen LogP contribution < -0.4 is 0 Å². The minimum absolute atomic E-state index is 0.0648. The van der Waals surface area contributed by atoms with Gasteiger partial charge < -0.3 is 10.2 Å². The molecule has 1 aromatic carbocycles. The van der Waals surface area contributed by atoms with Gasteiger partial charge in [0.15, 0.2) is 11.6 Å². The zero-order valence-corrected chi connectivity index (χ0v) is 11.4. The summed E-state index contributed by atoms with van der Waals surface area (Å²) in [7, 11) is -4.34. The van der Waals surface area contributed by atoms with Gasteiger partial charge in [-0.05, 0) is 17.7 Å². The molecule has 8 heteroatoms. The standard InChI is InChI=1S/C12H15F2NO4S/c1-2-3-15(4-5-16)20(18,19)11-7-9(8-17)6-10(13)12(11)14/h2,6-7,16-17H,1,3-5,8H2. The first kappa shape index (κ1) is 16.7. The van der Waals surface area contributed by atoms with Crippen LogP contribution in [0.2, 0.25) is 0 Å². The molecule has 0 unspecified atom stereocenters. The van der Waals surface area contributed by atoms with Crippen LogP contribution in [0.4, 0.5) is 8.78 Å². The maximum atomic E-state index is 13.7. The van der Waals surface area contributed by atoms with E-state index in [1.165, 1.54) is 6.08 Å². The zero-order chi connectivity index (χ0) is 15.3. The molecule has 0 aliphatic rings. The van der Waals surface area contributed by atoms with Crippen LogP contribution in [-0.4, -0.2) is 42.6 Å². The molecule has 0 spiro atoms. The minimum atomic E-state index is -4.34. The number of sulfonamides is 1. The number of hydrogen-bond acceptors (Lipinski definition) is 4. The number of halogens is 2. The van der Waals surface area contributed by atoms with Crippen molar-refractivity contribution in [2.45, 2.75) is 11.5 Å². The van der Waals surface area contributed by atoms with Gasteiger partial charge >= 0.3 is 0 Å². The number of benzene rings is 1. The van der Waals surface area contributed by atoms with Crippen LogP contribution in [0, 0.1) is 11.6 Å². The Hall–Kier alpha value is -1.35. The van der Waals surface area contributed by atoms with Crippen LogP contribution in [0.25, 0.3) is 0 Å². The quantitative estimate of drug-likeness (QED) is 0.724. The molecule has 0 amide bonds. The summed E-state index contributed by atoms with van der Waals surface area (Å²) in [4.78, 5) is -0.878. The van der Waals surface area contributed by atoms with Crippen molar-refractivity contribution in [3.05, 3.63) is 42.0 Å². The molecule has 5 nitrogen and oxygen atoms in total. The Morgan fingerprint density at radius 2 is 1.95 bits per heavy atom. The minimum Gasteiger partial charge on any atom is -0.395 e. The molecule has 0 atom stereocenters. The topological polar surface area (TPSA) is 77.8 Å². The molecule has 0 radical (unpaired) electrons. The van der Waals surface area contributed by atoms with E-state index < -0.39 is 39.8 Å². The average Bonchev–Trinajstić information content (AvgIpc) is 2.41. The maximum Gasteiger partial charge on any atom is 0.246 e.